The summed E-state index contributed by atoms with van der Waals surface area (Å²) in [6.07, 6.45) is 10.2. The summed E-state index contributed by atoms with van der Waals surface area (Å²) in [6.45, 7) is 4.77. The fourth-order valence-electron chi connectivity index (χ4n) is 5.36. The number of hydrogen-bond acceptors (Lipinski definition) is 8. The topological polar surface area (TPSA) is 113 Å². The number of allylic oxidation sites excluding steroid dienone is 1. The highest BCUT2D eigenvalue weighted by Gasteiger charge is 2.73. The lowest BCUT2D eigenvalue weighted by Gasteiger charge is -2.42. The number of carbonyl (C=O) groups excluding carboxylic acids is 2. The van der Waals surface area contributed by atoms with Crippen molar-refractivity contribution in [2.75, 3.05) is 20.8 Å². The number of epoxide rings is 2. The molecule has 0 unspecified atom stereocenters. The summed E-state index contributed by atoms with van der Waals surface area (Å²) in [5.74, 6) is -0.511. The van der Waals surface area contributed by atoms with Gasteiger partial charge in [-0.05, 0) is 46.0 Å². The van der Waals surface area contributed by atoms with Crippen LogP contribution in [0.5, 0.6) is 0 Å². The lowest BCUT2D eigenvalue weighted by atomic mass is 9.70. The summed E-state index contributed by atoms with van der Waals surface area (Å²) in [6, 6.07) is 0. The van der Waals surface area contributed by atoms with Gasteiger partial charge < -0.3 is 29.4 Å². The normalized spacial score (nSPS) is 33.9. The smallest absolute Gasteiger partial charge is 0.306 e. The van der Waals surface area contributed by atoms with Gasteiger partial charge in [0.15, 0.2) is 5.72 Å². The van der Waals surface area contributed by atoms with E-state index in [9.17, 15) is 9.59 Å². The monoisotopic (exact) mass is 481 g/mol. The van der Waals surface area contributed by atoms with Crippen molar-refractivity contribution in [3.05, 3.63) is 11.6 Å². The fraction of sp³-hybridized carbons (Fsp3) is 0.846. The number of rotatable bonds is 14. The molecule has 8 nitrogen and oxygen atoms in total. The van der Waals surface area contributed by atoms with E-state index in [0.29, 0.717) is 25.9 Å². The lowest BCUT2D eigenvalue weighted by Crippen LogP contribution is -2.59. The summed E-state index contributed by atoms with van der Waals surface area (Å²) >= 11 is 0. The predicted octanol–water partition coefficient (Wildman–Crippen LogP) is 3.80. The first-order chi connectivity index (χ1) is 16.3. The van der Waals surface area contributed by atoms with Crippen LogP contribution in [0.2, 0.25) is 0 Å². The molecular weight excluding hydrogens is 438 g/mol. The first kappa shape index (κ1) is 27.1. The highest BCUT2D eigenvalue weighted by molar-refractivity contribution is 5.69. The molecule has 1 saturated carbocycles. The summed E-state index contributed by atoms with van der Waals surface area (Å²) in [5.41, 5.74) is 6.81. The number of methoxy groups -OCH3 is 2. The highest BCUT2D eigenvalue weighted by atomic mass is 16.6. The molecule has 0 radical (unpaired) electrons. The van der Waals surface area contributed by atoms with Gasteiger partial charge in [-0.3, -0.25) is 9.59 Å². The van der Waals surface area contributed by atoms with Crippen LogP contribution in [-0.2, 0) is 33.3 Å². The van der Waals surface area contributed by atoms with E-state index in [0.717, 1.165) is 51.4 Å². The van der Waals surface area contributed by atoms with Gasteiger partial charge in [0.25, 0.3) is 0 Å². The van der Waals surface area contributed by atoms with Crippen LogP contribution in [0.4, 0.5) is 0 Å². The van der Waals surface area contributed by atoms with Crippen LogP contribution in [0.3, 0.4) is 0 Å². The molecule has 0 aromatic rings. The molecule has 8 heteroatoms. The van der Waals surface area contributed by atoms with E-state index in [1.54, 1.807) is 7.11 Å². The van der Waals surface area contributed by atoms with E-state index in [4.69, 9.17) is 24.7 Å². The minimum atomic E-state index is -0.817. The molecule has 0 aromatic heterocycles. The molecule has 194 valence electrons. The van der Waals surface area contributed by atoms with Crippen LogP contribution in [0.25, 0.3) is 0 Å². The Morgan fingerprint density at radius 1 is 1.03 bits per heavy atom. The van der Waals surface area contributed by atoms with Crippen LogP contribution in [-0.4, -0.2) is 62.4 Å². The molecule has 34 heavy (non-hydrogen) atoms. The Morgan fingerprint density at radius 3 is 2.21 bits per heavy atom. The predicted molar refractivity (Wildman–Crippen MR) is 127 cm³/mol. The first-order valence-corrected chi connectivity index (χ1v) is 12.8. The Hall–Kier alpha value is -1.48. The molecule has 2 saturated heterocycles. The zero-order valence-electron chi connectivity index (χ0n) is 21.3. The van der Waals surface area contributed by atoms with Crippen LogP contribution in [0.15, 0.2) is 11.6 Å². The van der Waals surface area contributed by atoms with Gasteiger partial charge in [0, 0.05) is 20.0 Å². The van der Waals surface area contributed by atoms with Crippen molar-refractivity contribution < 1.29 is 33.3 Å². The summed E-state index contributed by atoms with van der Waals surface area (Å²) in [4.78, 5) is 23.7. The number of carbonyl (C=O) groups is 2. The fourth-order valence-corrected chi connectivity index (χ4v) is 5.36. The first-order valence-electron chi connectivity index (χ1n) is 12.8. The third-order valence-electron chi connectivity index (χ3n) is 7.44. The van der Waals surface area contributed by atoms with Gasteiger partial charge in [-0.2, -0.15) is 0 Å². The molecule has 0 bridgehead atoms. The van der Waals surface area contributed by atoms with Gasteiger partial charge in [0.2, 0.25) is 0 Å². The van der Waals surface area contributed by atoms with Crippen LogP contribution in [0, 0.1) is 5.92 Å². The minimum Gasteiger partial charge on any atom is -0.469 e. The number of nitrogens with two attached hydrogens (primary N) is 1. The number of ether oxygens (including phenoxy) is 5. The highest BCUT2D eigenvalue weighted by Crippen LogP contribution is 2.57. The van der Waals surface area contributed by atoms with Crippen molar-refractivity contribution in [2.24, 2.45) is 11.7 Å². The Bertz CT molecular complexity index is 731. The van der Waals surface area contributed by atoms with E-state index in [2.05, 4.69) is 24.7 Å². The molecule has 2 heterocycles. The molecule has 2 aliphatic heterocycles. The van der Waals surface area contributed by atoms with Gasteiger partial charge in [-0.15, -0.1) is 0 Å². The van der Waals surface area contributed by atoms with E-state index < -0.39 is 5.72 Å². The van der Waals surface area contributed by atoms with Gasteiger partial charge in [-0.25, -0.2) is 0 Å². The molecule has 1 aliphatic carbocycles. The standard InChI is InChI=1S/C26H43NO7/c1-18(2)13-14-20-26(27,34-20)24-23(31-4)19(15-16-25(24)17-32-25)33-22(29)12-10-8-6-5-7-9-11-21(28)30-3/h13,19-20,23-24H,5-12,14-17,27H2,1-4H3/t19-,20-,23-,24+,25+,26+/m1/s1. The number of esters is 2. The van der Waals surface area contributed by atoms with Crippen molar-refractivity contribution in [3.63, 3.8) is 0 Å². The second-order valence-electron chi connectivity index (χ2n) is 10.3. The quantitative estimate of drug-likeness (QED) is 0.173. The van der Waals surface area contributed by atoms with Crippen LogP contribution < -0.4 is 5.73 Å². The lowest BCUT2D eigenvalue weighted by molar-refractivity contribution is -0.172. The third kappa shape index (κ3) is 6.80. The zero-order valence-corrected chi connectivity index (χ0v) is 21.3. The molecule has 3 aliphatic rings. The Morgan fingerprint density at radius 2 is 1.65 bits per heavy atom. The molecule has 3 rings (SSSR count). The zero-order chi connectivity index (χ0) is 24.8. The van der Waals surface area contributed by atoms with Crippen molar-refractivity contribution in [1.82, 2.24) is 0 Å². The SMILES string of the molecule is COC(=O)CCCCCCCCC(=O)O[C@@H]1CC[C@]2(CO2)[C@@H]([C@@]2(N)O[C@@H]2CC=C(C)C)[C@@H]1OC. The van der Waals surface area contributed by atoms with Gasteiger partial charge in [-0.1, -0.05) is 37.3 Å². The van der Waals surface area contributed by atoms with E-state index >= 15 is 0 Å². The maximum absolute atomic E-state index is 12.6. The maximum Gasteiger partial charge on any atom is 0.306 e. The Balaban J connectivity index is 1.43. The van der Waals surface area contributed by atoms with Crippen molar-refractivity contribution in [2.45, 2.75) is 114 Å². The van der Waals surface area contributed by atoms with Gasteiger partial charge >= 0.3 is 11.9 Å². The Labute approximate surface area is 203 Å². The van der Waals surface area contributed by atoms with Gasteiger partial charge in [0.05, 0.1) is 19.6 Å². The second kappa shape index (κ2) is 12.0. The molecule has 0 amide bonds. The minimum absolute atomic E-state index is 0.0757. The molecule has 0 aromatic carbocycles. The molecule has 6 atom stereocenters. The van der Waals surface area contributed by atoms with Gasteiger partial charge in [0.1, 0.15) is 23.9 Å². The Kier molecular flexibility index (Phi) is 9.55. The summed E-state index contributed by atoms with van der Waals surface area (Å²) < 4.78 is 28.3. The molecular formula is C26H43NO7. The summed E-state index contributed by atoms with van der Waals surface area (Å²) in [5, 5.41) is 0. The number of hydrogen-bond donors (Lipinski definition) is 1. The second-order valence-corrected chi connectivity index (χ2v) is 10.3. The van der Waals surface area contributed by atoms with E-state index in [1.165, 1.54) is 12.7 Å². The van der Waals surface area contributed by atoms with Crippen molar-refractivity contribution in [3.8, 4) is 0 Å². The van der Waals surface area contributed by atoms with E-state index in [-0.39, 0.29) is 41.8 Å². The average molecular weight is 482 g/mol. The average Bonchev–Trinajstić information content (AvgIpc) is 3.72. The van der Waals surface area contributed by atoms with Crippen molar-refractivity contribution in [1.29, 1.82) is 0 Å². The van der Waals surface area contributed by atoms with Crippen LogP contribution >= 0.6 is 0 Å². The maximum atomic E-state index is 12.6. The molecule has 1 spiro atoms. The van der Waals surface area contributed by atoms with Crippen LogP contribution in [0.1, 0.15) is 84.5 Å². The van der Waals surface area contributed by atoms with E-state index in [1.807, 2.05) is 0 Å². The third-order valence-corrected chi connectivity index (χ3v) is 7.44. The summed E-state index contributed by atoms with van der Waals surface area (Å²) in [7, 11) is 3.06. The number of unbranched alkanes of at least 4 members (excludes halogenated alkanes) is 5. The molecule has 2 N–H and O–H groups in total. The largest absolute Gasteiger partial charge is 0.469 e. The van der Waals surface area contributed by atoms with Crippen molar-refractivity contribution >= 4 is 11.9 Å². The molecule has 3 fully saturated rings.